The van der Waals surface area contributed by atoms with Crippen molar-refractivity contribution in [2.45, 2.75) is 128 Å². The normalized spacial score (nSPS) is 28.2. The van der Waals surface area contributed by atoms with E-state index < -0.39 is 16.9 Å². The first-order valence-electron chi connectivity index (χ1n) is 11.0. The predicted molar refractivity (Wildman–Crippen MR) is 121 cm³/mol. The van der Waals surface area contributed by atoms with Crippen molar-refractivity contribution >= 4 is 16.9 Å². The minimum Gasteiger partial charge on any atom is -0.471 e. The summed E-state index contributed by atoms with van der Waals surface area (Å²) in [6, 6.07) is 0. The topological polar surface area (TPSA) is 36.9 Å². The molecule has 2 aliphatic rings. The lowest BCUT2D eigenvalue weighted by atomic mass is 10.2. The second-order valence-electron chi connectivity index (χ2n) is 11.6. The molecule has 0 aromatic heterocycles. The van der Waals surface area contributed by atoms with Crippen molar-refractivity contribution in [1.82, 2.24) is 0 Å². The average Bonchev–Trinajstić information content (AvgIpc) is 2.92. The molecule has 0 saturated carbocycles. The van der Waals surface area contributed by atoms with E-state index >= 15 is 0 Å². The summed E-state index contributed by atoms with van der Waals surface area (Å²) in [5.74, 6) is 0. The number of hydrogen-bond donors (Lipinski definition) is 0. The molecule has 1 saturated heterocycles. The second-order valence-corrected chi connectivity index (χ2v) is 21.7. The van der Waals surface area contributed by atoms with E-state index in [1.54, 1.807) is 6.26 Å². The molecule has 0 spiro atoms. The maximum atomic E-state index is 7.09. The lowest BCUT2D eigenvalue weighted by Gasteiger charge is -2.47. The van der Waals surface area contributed by atoms with Gasteiger partial charge in [-0.05, 0) is 22.7 Å². The van der Waals surface area contributed by atoms with Gasteiger partial charge >= 0.3 is 8.56 Å². The lowest BCUT2D eigenvalue weighted by Crippen LogP contribution is -2.56. The van der Waals surface area contributed by atoms with E-state index in [-0.39, 0.29) is 28.6 Å². The van der Waals surface area contributed by atoms with E-state index in [4.69, 9.17) is 18.0 Å². The van der Waals surface area contributed by atoms with Gasteiger partial charge in [-0.2, -0.15) is 0 Å². The largest absolute Gasteiger partial charge is 0.471 e. The summed E-state index contributed by atoms with van der Waals surface area (Å²) in [6.45, 7) is 27.3. The fourth-order valence-electron chi connectivity index (χ4n) is 5.72. The Labute approximate surface area is 175 Å². The molecule has 1 fully saturated rings. The molecule has 6 heteroatoms. The van der Waals surface area contributed by atoms with E-state index in [9.17, 15) is 0 Å². The Balaban J connectivity index is 2.42. The highest BCUT2D eigenvalue weighted by Crippen LogP contribution is 2.57. The molecular weight excluding hydrogens is 384 g/mol. The zero-order valence-electron chi connectivity index (χ0n) is 20.3. The Morgan fingerprint density at radius 3 is 1.68 bits per heavy atom. The van der Waals surface area contributed by atoms with Gasteiger partial charge in [0, 0.05) is 10.1 Å². The zero-order valence-corrected chi connectivity index (χ0v) is 22.3. The Morgan fingerprint density at radius 1 is 0.821 bits per heavy atom. The van der Waals surface area contributed by atoms with Crippen LogP contribution in [0.25, 0.3) is 0 Å². The summed E-state index contributed by atoms with van der Waals surface area (Å²) in [4.78, 5) is 0. The molecule has 0 radical (unpaired) electrons. The van der Waals surface area contributed by atoms with Crippen molar-refractivity contribution in [2.24, 2.45) is 0 Å². The van der Waals surface area contributed by atoms with Gasteiger partial charge in [-0.25, -0.2) is 0 Å². The summed E-state index contributed by atoms with van der Waals surface area (Å²) < 4.78 is 26.6. The minimum absolute atomic E-state index is 0.0703. The van der Waals surface area contributed by atoms with E-state index in [1.165, 1.54) is 0 Å². The van der Waals surface area contributed by atoms with Crippen LogP contribution in [0.1, 0.15) is 83.1 Å². The smallest absolute Gasteiger partial charge is 0.352 e. The fourth-order valence-corrected chi connectivity index (χ4v) is 16.1. The molecule has 0 aromatic rings. The third-order valence-corrected chi connectivity index (χ3v) is 17.9. The van der Waals surface area contributed by atoms with Gasteiger partial charge in [-0.3, -0.25) is 0 Å². The lowest BCUT2D eigenvalue weighted by molar-refractivity contribution is -0.0922. The third-order valence-electron chi connectivity index (χ3n) is 6.68. The van der Waals surface area contributed by atoms with E-state index in [0.29, 0.717) is 16.6 Å². The van der Waals surface area contributed by atoms with Gasteiger partial charge in [0.1, 0.15) is 6.10 Å². The second kappa shape index (κ2) is 7.84. The Hall–Kier alpha value is -0.146. The molecule has 2 rings (SSSR count). The molecule has 0 bridgehead atoms. The molecule has 0 aliphatic carbocycles. The van der Waals surface area contributed by atoms with Crippen LogP contribution in [0.15, 0.2) is 12.3 Å². The van der Waals surface area contributed by atoms with Crippen LogP contribution in [-0.2, 0) is 18.0 Å². The van der Waals surface area contributed by atoms with Gasteiger partial charge in [0.05, 0.1) is 12.4 Å². The zero-order chi connectivity index (χ0) is 21.7. The van der Waals surface area contributed by atoms with Crippen molar-refractivity contribution in [3.63, 3.8) is 0 Å². The summed E-state index contributed by atoms with van der Waals surface area (Å²) in [5.41, 5.74) is 1.57. The van der Waals surface area contributed by atoms with Crippen LogP contribution in [0, 0.1) is 0 Å². The number of fused-ring (bicyclic) bond motifs is 1. The average molecular weight is 429 g/mol. The van der Waals surface area contributed by atoms with Gasteiger partial charge in [0.25, 0.3) is 0 Å². The van der Waals surface area contributed by atoms with Crippen LogP contribution in [0.3, 0.4) is 0 Å². The molecule has 0 unspecified atom stereocenters. The Kier molecular flexibility index (Phi) is 6.75. The van der Waals surface area contributed by atoms with Crippen LogP contribution in [0.4, 0.5) is 0 Å². The van der Waals surface area contributed by atoms with Crippen molar-refractivity contribution in [3.8, 4) is 0 Å². The third kappa shape index (κ3) is 3.80. The van der Waals surface area contributed by atoms with Crippen LogP contribution in [0.5, 0.6) is 0 Å². The fraction of sp³-hybridized carbons (Fsp3) is 0.909. The van der Waals surface area contributed by atoms with E-state index in [2.05, 4.69) is 89.2 Å². The van der Waals surface area contributed by atoms with E-state index in [0.717, 1.165) is 0 Å². The molecule has 4 nitrogen and oxygen atoms in total. The Bertz CT molecular complexity index is 536. The minimum atomic E-state index is -2.59. The summed E-state index contributed by atoms with van der Waals surface area (Å²) in [7, 11) is -4.63. The molecule has 2 heterocycles. The van der Waals surface area contributed by atoms with Gasteiger partial charge < -0.3 is 18.0 Å². The molecule has 3 atom stereocenters. The molecule has 28 heavy (non-hydrogen) atoms. The van der Waals surface area contributed by atoms with E-state index in [1.807, 2.05) is 0 Å². The highest BCUT2D eigenvalue weighted by atomic mass is 28.4. The number of rotatable bonds is 5. The van der Waals surface area contributed by atoms with Crippen molar-refractivity contribution in [2.75, 3.05) is 0 Å². The predicted octanol–water partition coefficient (Wildman–Crippen LogP) is 6.87. The molecule has 0 aromatic carbocycles. The Morgan fingerprint density at radius 2 is 1.29 bits per heavy atom. The van der Waals surface area contributed by atoms with Crippen LogP contribution >= 0.6 is 0 Å². The number of ether oxygens (including phenoxy) is 1. The molecule has 0 N–H and O–H groups in total. The first kappa shape index (κ1) is 24.1. The first-order valence-corrected chi connectivity index (χ1v) is 14.9. The summed E-state index contributed by atoms with van der Waals surface area (Å²) >= 11 is 0. The molecule has 0 amide bonds. The van der Waals surface area contributed by atoms with Gasteiger partial charge in [0.15, 0.2) is 0 Å². The van der Waals surface area contributed by atoms with Crippen LogP contribution < -0.4 is 0 Å². The maximum absolute atomic E-state index is 7.09. The highest BCUT2D eigenvalue weighted by molar-refractivity contribution is 6.77. The van der Waals surface area contributed by atoms with Crippen LogP contribution in [0.2, 0.25) is 26.7 Å². The van der Waals surface area contributed by atoms with Crippen LogP contribution in [-0.4, -0.2) is 35.4 Å². The van der Waals surface area contributed by atoms with Gasteiger partial charge in [-0.1, -0.05) is 83.1 Å². The van der Waals surface area contributed by atoms with Gasteiger partial charge in [-0.15, -0.1) is 0 Å². The van der Waals surface area contributed by atoms with Crippen molar-refractivity contribution in [3.05, 3.63) is 12.3 Å². The SMILES string of the molecule is CC(C)[Si](O[C@@H]1C=CO[C@@H]2O[Si](C(C)(C)C)(C(C)(C)C)O[C@@H]21)(C(C)C)C(C)C. The maximum Gasteiger partial charge on any atom is 0.352 e. The highest BCUT2D eigenvalue weighted by Gasteiger charge is 2.67. The van der Waals surface area contributed by atoms with Crippen molar-refractivity contribution < 1.29 is 18.0 Å². The molecule has 164 valence electrons. The molecule has 2 aliphatic heterocycles. The quantitative estimate of drug-likeness (QED) is 0.447. The standard InChI is InChI=1S/C22H44O4Si2/c1-15(2)27(16(3)4,17(5)6)24-18-13-14-23-20-19(18)25-28(26-20,21(7,8)9)22(10,11)12/h13-20H,1-12H3/t18-,19-,20-/m1/s1. The summed E-state index contributed by atoms with van der Waals surface area (Å²) in [6.07, 6.45) is 3.13. The number of hydrogen-bond acceptors (Lipinski definition) is 4. The monoisotopic (exact) mass is 428 g/mol. The molecular formula is C22H44O4Si2. The van der Waals surface area contributed by atoms with Crippen molar-refractivity contribution in [1.29, 1.82) is 0 Å². The van der Waals surface area contributed by atoms with Gasteiger partial charge in [0.2, 0.25) is 14.6 Å². The first-order chi connectivity index (χ1) is 12.6. The summed E-state index contributed by atoms with van der Waals surface area (Å²) in [5, 5.41) is -0.141.